The zero-order valence-corrected chi connectivity index (χ0v) is 12.8. The van der Waals surface area contributed by atoms with Crippen molar-refractivity contribution in [1.29, 1.82) is 5.26 Å². The van der Waals surface area contributed by atoms with Crippen LogP contribution in [0.15, 0.2) is 40.9 Å². The second kappa shape index (κ2) is 6.29. The van der Waals surface area contributed by atoms with Crippen LogP contribution in [0.4, 0.5) is 0 Å². The maximum Gasteiger partial charge on any atom is 0.134 e. The van der Waals surface area contributed by atoms with Crippen molar-refractivity contribution in [2.75, 3.05) is 0 Å². The summed E-state index contributed by atoms with van der Waals surface area (Å²) in [5, 5.41) is 9.92. The fourth-order valence-electron chi connectivity index (χ4n) is 1.48. The summed E-state index contributed by atoms with van der Waals surface area (Å²) in [6, 6.07) is 12.4. The first-order valence-electron chi connectivity index (χ1n) is 5.36. The maximum absolute atomic E-state index is 8.76. The number of ether oxygens (including phenoxy) is 1. The van der Waals surface area contributed by atoms with Gasteiger partial charge in [0.2, 0.25) is 0 Å². The van der Waals surface area contributed by atoms with E-state index in [4.69, 9.17) is 33.2 Å². The van der Waals surface area contributed by atoms with E-state index in [2.05, 4.69) is 15.9 Å². The number of hydrogen-bond donors (Lipinski definition) is 0. The van der Waals surface area contributed by atoms with Crippen molar-refractivity contribution >= 4 is 39.1 Å². The fourth-order valence-corrected chi connectivity index (χ4v) is 2.51. The summed E-state index contributed by atoms with van der Waals surface area (Å²) in [5.41, 5.74) is 1.35. The molecule has 0 atom stereocenters. The van der Waals surface area contributed by atoms with Gasteiger partial charge in [-0.05, 0) is 46.3 Å². The van der Waals surface area contributed by atoms with Crippen LogP contribution in [0.5, 0.6) is 5.75 Å². The quantitative estimate of drug-likeness (QED) is 0.756. The molecule has 0 bridgehead atoms. The third-order valence-electron chi connectivity index (χ3n) is 2.46. The number of rotatable bonds is 3. The normalized spacial score (nSPS) is 10.0. The maximum atomic E-state index is 8.76. The molecule has 0 aromatic heterocycles. The van der Waals surface area contributed by atoms with Crippen molar-refractivity contribution < 1.29 is 4.74 Å². The van der Waals surface area contributed by atoms with E-state index in [1.807, 2.05) is 6.07 Å². The van der Waals surface area contributed by atoms with Gasteiger partial charge in [-0.2, -0.15) is 5.26 Å². The van der Waals surface area contributed by atoms with Crippen LogP contribution in [0.3, 0.4) is 0 Å². The first-order valence-corrected chi connectivity index (χ1v) is 6.91. The summed E-state index contributed by atoms with van der Waals surface area (Å²) >= 11 is 15.3. The third kappa shape index (κ3) is 3.63. The molecule has 0 fully saturated rings. The van der Waals surface area contributed by atoms with Crippen LogP contribution in [0.1, 0.15) is 11.1 Å². The molecule has 0 aliphatic rings. The number of halogens is 3. The second-order valence-corrected chi connectivity index (χ2v) is 5.48. The summed E-state index contributed by atoms with van der Waals surface area (Å²) < 4.78 is 6.44. The Morgan fingerprint density at radius 1 is 1.16 bits per heavy atom. The molecular formula is C14H8BrCl2NO. The number of nitrogens with zero attached hydrogens (tertiary/aromatic N) is 1. The molecule has 0 aliphatic heterocycles. The Bertz CT molecular complexity index is 652. The van der Waals surface area contributed by atoms with Crippen molar-refractivity contribution in [1.82, 2.24) is 0 Å². The van der Waals surface area contributed by atoms with Gasteiger partial charge in [0, 0.05) is 15.6 Å². The van der Waals surface area contributed by atoms with E-state index in [0.29, 0.717) is 28.0 Å². The lowest BCUT2D eigenvalue weighted by molar-refractivity contribution is 0.304. The van der Waals surface area contributed by atoms with Crippen molar-refractivity contribution in [3.8, 4) is 11.8 Å². The lowest BCUT2D eigenvalue weighted by Crippen LogP contribution is -1.97. The Hall–Kier alpha value is -1.21. The lowest BCUT2D eigenvalue weighted by Gasteiger charge is -2.09. The average molecular weight is 357 g/mol. The SMILES string of the molecule is N#Cc1ccc(COc2ccc(Cl)cc2Br)c(Cl)c1. The highest BCUT2D eigenvalue weighted by Gasteiger charge is 2.05. The zero-order chi connectivity index (χ0) is 13.8. The molecule has 0 spiro atoms. The molecule has 2 aromatic carbocycles. The molecule has 0 aliphatic carbocycles. The molecule has 0 saturated carbocycles. The van der Waals surface area contributed by atoms with Gasteiger partial charge in [0.15, 0.2) is 0 Å². The van der Waals surface area contributed by atoms with Crippen molar-refractivity contribution in [2.24, 2.45) is 0 Å². The highest BCUT2D eigenvalue weighted by atomic mass is 79.9. The van der Waals surface area contributed by atoms with Crippen molar-refractivity contribution in [3.63, 3.8) is 0 Å². The lowest BCUT2D eigenvalue weighted by atomic mass is 10.1. The highest BCUT2D eigenvalue weighted by molar-refractivity contribution is 9.10. The van der Waals surface area contributed by atoms with Gasteiger partial charge in [0.25, 0.3) is 0 Å². The standard InChI is InChI=1S/C14H8BrCl2NO/c15-12-6-11(16)3-4-14(12)19-8-10-2-1-9(7-18)5-13(10)17/h1-6H,8H2. The molecule has 5 heteroatoms. The molecule has 2 nitrogen and oxygen atoms in total. The monoisotopic (exact) mass is 355 g/mol. The second-order valence-electron chi connectivity index (χ2n) is 3.78. The van der Waals surface area contributed by atoms with E-state index in [9.17, 15) is 0 Å². The molecule has 96 valence electrons. The van der Waals surface area contributed by atoms with E-state index >= 15 is 0 Å². The molecule has 19 heavy (non-hydrogen) atoms. The Kier molecular flexibility index (Phi) is 4.71. The minimum Gasteiger partial charge on any atom is -0.488 e. The highest BCUT2D eigenvalue weighted by Crippen LogP contribution is 2.29. The largest absolute Gasteiger partial charge is 0.488 e. The topological polar surface area (TPSA) is 33.0 Å². The van der Waals surface area contributed by atoms with Crippen molar-refractivity contribution in [3.05, 3.63) is 62.0 Å². The van der Waals surface area contributed by atoms with E-state index in [1.54, 1.807) is 36.4 Å². The number of nitriles is 1. The Morgan fingerprint density at radius 2 is 1.95 bits per heavy atom. The van der Waals surface area contributed by atoms with Gasteiger partial charge in [-0.1, -0.05) is 29.3 Å². The molecule has 0 heterocycles. The van der Waals surface area contributed by atoms with E-state index in [1.165, 1.54) is 0 Å². The Balaban J connectivity index is 2.13. The first-order chi connectivity index (χ1) is 9.10. The molecule has 2 aromatic rings. The van der Waals surface area contributed by atoms with Crippen LogP contribution in [-0.4, -0.2) is 0 Å². The molecule has 0 radical (unpaired) electrons. The van der Waals surface area contributed by atoms with Gasteiger partial charge in [-0.3, -0.25) is 0 Å². The fraction of sp³-hybridized carbons (Fsp3) is 0.0714. The predicted molar refractivity (Wildman–Crippen MR) is 79.7 cm³/mol. The summed E-state index contributed by atoms with van der Waals surface area (Å²) in [4.78, 5) is 0. The van der Waals surface area contributed by atoms with Crippen molar-refractivity contribution in [2.45, 2.75) is 6.61 Å². The van der Waals surface area contributed by atoms with Gasteiger partial charge in [0.05, 0.1) is 16.1 Å². The van der Waals surface area contributed by atoms with Gasteiger partial charge >= 0.3 is 0 Å². The summed E-state index contributed by atoms with van der Waals surface area (Å²) in [5.74, 6) is 0.685. The molecule has 0 amide bonds. The molecule has 0 N–H and O–H groups in total. The van der Waals surface area contributed by atoms with Gasteiger partial charge in [0.1, 0.15) is 12.4 Å². The smallest absolute Gasteiger partial charge is 0.134 e. The summed E-state index contributed by atoms with van der Waals surface area (Å²) in [6.07, 6.45) is 0. The predicted octanol–water partition coefficient (Wildman–Crippen LogP) is 5.21. The number of benzene rings is 2. The van der Waals surface area contributed by atoms with Gasteiger partial charge in [-0.25, -0.2) is 0 Å². The number of hydrogen-bond acceptors (Lipinski definition) is 2. The molecule has 2 rings (SSSR count). The van der Waals surface area contributed by atoms with E-state index in [-0.39, 0.29) is 0 Å². The Labute approximate surface area is 129 Å². The Morgan fingerprint density at radius 3 is 2.58 bits per heavy atom. The van der Waals surface area contributed by atoms with Gasteiger partial charge < -0.3 is 4.74 Å². The van der Waals surface area contributed by atoms with Gasteiger partial charge in [-0.15, -0.1) is 0 Å². The minimum atomic E-state index is 0.324. The van der Waals surface area contributed by atoms with E-state index < -0.39 is 0 Å². The van der Waals surface area contributed by atoms with E-state index in [0.717, 1.165) is 10.0 Å². The van der Waals surface area contributed by atoms with Crippen LogP contribution in [0, 0.1) is 11.3 Å². The average Bonchev–Trinajstić information content (AvgIpc) is 2.39. The molecule has 0 unspecified atom stereocenters. The summed E-state index contributed by atoms with van der Waals surface area (Å²) in [6.45, 7) is 0.324. The van der Waals surface area contributed by atoms with Crippen LogP contribution in [-0.2, 0) is 6.61 Å². The van der Waals surface area contributed by atoms with Crippen LogP contribution >= 0.6 is 39.1 Å². The van der Waals surface area contributed by atoms with Crippen LogP contribution in [0.2, 0.25) is 10.0 Å². The summed E-state index contributed by atoms with van der Waals surface area (Å²) in [7, 11) is 0. The van der Waals surface area contributed by atoms with Crippen LogP contribution < -0.4 is 4.74 Å². The third-order valence-corrected chi connectivity index (χ3v) is 3.67. The molecular weight excluding hydrogens is 349 g/mol. The minimum absolute atomic E-state index is 0.324. The molecule has 0 saturated heterocycles. The van der Waals surface area contributed by atoms with Crippen LogP contribution in [0.25, 0.3) is 0 Å². The first kappa shape index (κ1) is 14.2. The zero-order valence-electron chi connectivity index (χ0n) is 9.66.